The Morgan fingerprint density at radius 3 is 2.65 bits per heavy atom. The number of ether oxygens (including phenoxy) is 1. The topological polar surface area (TPSA) is 43.4 Å². The number of ketones is 1. The molecule has 0 spiro atoms. The van der Waals surface area contributed by atoms with Crippen molar-refractivity contribution in [2.45, 2.75) is 108 Å². The van der Waals surface area contributed by atoms with Crippen LogP contribution in [0.25, 0.3) is 0 Å². The zero-order valence-corrected chi connectivity index (χ0v) is 22.5. The number of rotatable bonds is 7. The largest absolute Gasteiger partial charge is 0.461 e. The molecule has 0 aromatic carbocycles. The summed E-state index contributed by atoms with van der Waals surface area (Å²) in [6.07, 6.45) is 11.7. The molecule has 4 rings (SSSR count). The maximum atomic E-state index is 15.0. The summed E-state index contributed by atoms with van der Waals surface area (Å²) < 4.78 is 21.2. The number of carbonyl (C=O) groups is 2. The van der Waals surface area contributed by atoms with Crippen LogP contribution in [0.1, 0.15) is 91.9 Å². The Morgan fingerprint density at radius 2 is 1.97 bits per heavy atom. The summed E-state index contributed by atoms with van der Waals surface area (Å²) in [6, 6.07) is 0. The van der Waals surface area contributed by atoms with Crippen molar-refractivity contribution in [3.8, 4) is 0 Å². The average molecular weight is 514 g/mol. The molecule has 0 aliphatic heterocycles. The van der Waals surface area contributed by atoms with Gasteiger partial charge in [-0.1, -0.05) is 59.5 Å². The summed E-state index contributed by atoms with van der Waals surface area (Å²) in [5.74, 6) is -0.851. The van der Waals surface area contributed by atoms with E-state index in [9.17, 15) is 9.59 Å². The second-order valence-corrected chi connectivity index (χ2v) is 12.6. The van der Waals surface area contributed by atoms with Crippen molar-refractivity contribution in [3.63, 3.8) is 0 Å². The van der Waals surface area contributed by atoms with E-state index >= 15 is 4.39 Å². The van der Waals surface area contributed by atoms with Gasteiger partial charge in [0.05, 0.1) is 10.3 Å². The highest BCUT2D eigenvalue weighted by Crippen LogP contribution is 2.72. The SMILES string of the molecule is CCCCCC[C@]12C[C@H](Cl)[C@@]3(Cl)[C@@H](CCC4=C(F)C(=O)C=C[C@@]43C)[C@@H]1C[C@@H](C)[C@H]2OC(=O)CC. The Hall–Kier alpha value is -0.870. The number of unbranched alkanes of at least 4 members (excludes halogenated alkanes) is 3. The second-order valence-electron chi connectivity index (χ2n) is 11.4. The van der Waals surface area contributed by atoms with Gasteiger partial charge in [0.2, 0.25) is 5.78 Å². The van der Waals surface area contributed by atoms with E-state index in [1.807, 2.05) is 19.9 Å². The molecule has 0 unspecified atom stereocenters. The lowest BCUT2D eigenvalue weighted by atomic mass is 9.46. The number of carbonyl (C=O) groups excluding carboxylic acids is 2. The van der Waals surface area contributed by atoms with Crippen LogP contribution in [0.4, 0.5) is 4.39 Å². The summed E-state index contributed by atoms with van der Waals surface area (Å²) in [5, 5.41) is -0.430. The van der Waals surface area contributed by atoms with Crippen molar-refractivity contribution in [3.05, 3.63) is 23.6 Å². The molecule has 0 N–H and O–H groups in total. The van der Waals surface area contributed by atoms with Crippen molar-refractivity contribution < 1.29 is 18.7 Å². The lowest BCUT2D eigenvalue weighted by Crippen LogP contribution is -2.65. The molecule has 3 fully saturated rings. The normalized spacial score (nSPS) is 43.4. The van der Waals surface area contributed by atoms with Gasteiger partial charge in [0.1, 0.15) is 6.10 Å². The van der Waals surface area contributed by atoms with Crippen molar-refractivity contribution in [2.75, 3.05) is 0 Å². The smallest absolute Gasteiger partial charge is 0.305 e. The number of hydrogen-bond donors (Lipinski definition) is 0. The summed E-state index contributed by atoms with van der Waals surface area (Å²) >= 11 is 14.9. The van der Waals surface area contributed by atoms with Gasteiger partial charge in [-0.2, -0.15) is 0 Å². The lowest BCUT2D eigenvalue weighted by Gasteiger charge is -2.63. The Balaban J connectivity index is 1.76. The molecule has 0 aromatic heterocycles. The molecule has 34 heavy (non-hydrogen) atoms. The molecular weight excluding hydrogens is 474 g/mol. The van der Waals surface area contributed by atoms with Crippen molar-refractivity contribution in [2.24, 2.45) is 28.6 Å². The Labute approximate surface area is 213 Å². The van der Waals surface area contributed by atoms with Crippen LogP contribution < -0.4 is 0 Å². The summed E-state index contributed by atoms with van der Waals surface area (Å²) in [5.41, 5.74) is -0.512. The number of allylic oxidation sites excluding steroid dienone is 4. The maximum absolute atomic E-state index is 15.0. The first kappa shape index (κ1) is 26.2. The van der Waals surface area contributed by atoms with Gasteiger partial charge in [0, 0.05) is 17.3 Å². The molecule has 0 heterocycles. The molecular formula is C28H39Cl2FO3. The van der Waals surface area contributed by atoms with Gasteiger partial charge >= 0.3 is 5.97 Å². The first-order chi connectivity index (χ1) is 16.1. The summed E-state index contributed by atoms with van der Waals surface area (Å²) in [7, 11) is 0. The van der Waals surface area contributed by atoms with Gasteiger partial charge < -0.3 is 4.74 Å². The van der Waals surface area contributed by atoms with E-state index in [1.165, 1.54) is 12.5 Å². The third-order valence-corrected chi connectivity index (χ3v) is 11.3. The summed E-state index contributed by atoms with van der Waals surface area (Å²) in [4.78, 5) is 23.7. The fourth-order valence-electron chi connectivity index (χ4n) is 8.09. The number of hydrogen-bond acceptors (Lipinski definition) is 3. The van der Waals surface area contributed by atoms with Gasteiger partial charge in [-0.25, -0.2) is 4.39 Å². The van der Waals surface area contributed by atoms with Crippen molar-refractivity contribution >= 4 is 35.0 Å². The average Bonchev–Trinajstić information content (AvgIpc) is 3.06. The highest BCUT2D eigenvalue weighted by atomic mass is 35.5. The van der Waals surface area contributed by atoms with E-state index in [1.54, 1.807) is 0 Å². The molecule has 3 nitrogen and oxygen atoms in total. The highest BCUT2D eigenvalue weighted by Gasteiger charge is 2.71. The molecule has 8 atom stereocenters. The third kappa shape index (κ3) is 3.72. The second kappa shape index (κ2) is 9.54. The third-order valence-electron chi connectivity index (χ3n) is 9.71. The quantitative estimate of drug-likeness (QED) is 0.199. The van der Waals surface area contributed by atoms with Crippen LogP contribution in [0.5, 0.6) is 0 Å². The fraction of sp³-hybridized carbons (Fsp3) is 0.786. The standard InChI is InChI=1S/C28H39Cl2FO3/c1-5-7-8-9-13-27-16-22(29)28(30)18(20(27)15-17(3)25(27)34-23(33)6-2)10-11-19-24(31)21(32)12-14-26(19,28)4/h12,14,17-18,20,22,25H,5-11,13,15-16H2,1-4H3/t17-,18+,20+,22+,25-,26+,27+,28+/m1/s1. The van der Waals surface area contributed by atoms with E-state index in [0.717, 1.165) is 32.1 Å². The zero-order valence-electron chi connectivity index (χ0n) is 21.0. The molecule has 190 valence electrons. The van der Waals surface area contributed by atoms with Gasteiger partial charge in [-0.3, -0.25) is 9.59 Å². The van der Waals surface area contributed by atoms with Crippen LogP contribution in [0, 0.1) is 28.6 Å². The predicted molar refractivity (Wildman–Crippen MR) is 135 cm³/mol. The number of esters is 1. The number of halogens is 3. The van der Waals surface area contributed by atoms with E-state index in [-0.39, 0.29) is 35.2 Å². The van der Waals surface area contributed by atoms with Crippen LogP contribution in [0.15, 0.2) is 23.6 Å². The molecule has 3 saturated carbocycles. The minimum atomic E-state index is -0.891. The van der Waals surface area contributed by atoms with Gasteiger partial charge in [-0.05, 0) is 61.5 Å². The van der Waals surface area contributed by atoms with Crippen molar-refractivity contribution in [1.82, 2.24) is 0 Å². The van der Waals surface area contributed by atoms with E-state index in [4.69, 9.17) is 27.9 Å². The van der Waals surface area contributed by atoms with Gasteiger partial charge in [0.15, 0.2) is 5.83 Å². The highest BCUT2D eigenvalue weighted by molar-refractivity contribution is 6.34. The number of fused-ring (bicyclic) bond motifs is 5. The minimum Gasteiger partial charge on any atom is -0.461 e. The minimum absolute atomic E-state index is 0.0590. The van der Waals surface area contributed by atoms with Gasteiger partial charge in [-0.15, -0.1) is 23.2 Å². The van der Waals surface area contributed by atoms with Crippen LogP contribution >= 0.6 is 23.2 Å². The molecule has 0 aromatic rings. The zero-order chi connectivity index (χ0) is 24.9. The van der Waals surface area contributed by atoms with Crippen LogP contribution in [-0.2, 0) is 14.3 Å². The monoisotopic (exact) mass is 512 g/mol. The van der Waals surface area contributed by atoms with Gasteiger partial charge in [0.25, 0.3) is 0 Å². The van der Waals surface area contributed by atoms with E-state index < -0.39 is 27.3 Å². The number of alkyl halides is 2. The van der Waals surface area contributed by atoms with Crippen LogP contribution in [0.3, 0.4) is 0 Å². The van der Waals surface area contributed by atoms with Crippen molar-refractivity contribution in [1.29, 1.82) is 0 Å². The fourth-order valence-corrected chi connectivity index (χ4v) is 9.28. The Bertz CT molecular complexity index is 900. The van der Waals surface area contributed by atoms with E-state index in [2.05, 4.69) is 13.8 Å². The van der Waals surface area contributed by atoms with Crippen LogP contribution in [-0.4, -0.2) is 28.1 Å². The summed E-state index contributed by atoms with van der Waals surface area (Å²) in [6.45, 7) is 8.19. The molecule has 0 bridgehead atoms. The van der Waals surface area contributed by atoms with Crippen LogP contribution in [0.2, 0.25) is 0 Å². The molecule has 4 aliphatic rings. The Morgan fingerprint density at radius 1 is 1.24 bits per heavy atom. The predicted octanol–water partition coefficient (Wildman–Crippen LogP) is 7.69. The molecule has 0 amide bonds. The van der Waals surface area contributed by atoms with E-state index in [0.29, 0.717) is 31.3 Å². The Kier molecular flexibility index (Phi) is 7.35. The first-order valence-electron chi connectivity index (χ1n) is 13.2. The maximum Gasteiger partial charge on any atom is 0.305 e. The lowest BCUT2D eigenvalue weighted by molar-refractivity contribution is -0.163. The molecule has 0 saturated heterocycles. The molecule has 6 heteroatoms. The first-order valence-corrected chi connectivity index (χ1v) is 14.0. The molecule has 0 radical (unpaired) electrons. The molecule has 4 aliphatic carbocycles.